The van der Waals surface area contributed by atoms with E-state index in [-0.39, 0.29) is 11.5 Å². The molecule has 1 aromatic heterocycles. The van der Waals surface area contributed by atoms with Crippen molar-refractivity contribution in [1.29, 1.82) is 5.26 Å². The van der Waals surface area contributed by atoms with E-state index in [1.165, 1.54) is 6.20 Å². The van der Waals surface area contributed by atoms with Gasteiger partial charge in [0.2, 0.25) is 0 Å². The summed E-state index contributed by atoms with van der Waals surface area (Å²) in [5, 5.41) is 22.5. The number of hydrogen-bond donors (Lipinski definition) is 1. The lowest BCUT2D eigenvalue weighted by atomic mass is 10.1. The molecule has 0 amide bonds. The van der Waals surface area contributed by atoms with Gasteiger partial charge in [0.15, 0.2) is 0 Å². The molecule has 0 saturated heterocycles. The van der Waals surface area contributed by atoms with Crippen LogP contribution >= 0.6 is 0 Å². The van der Waals surface area contributed by atoms with E-state index in [0.29, 0.717) is 16.9 Å². The van der Waals surface area contributed by atoms with E-state index in [2.05, 4.69) is 11.2 Å². The third-order valence-corrected chi connectivity index (χ3v) is 3.25. The van der Waals surface area contributed by atoms with Crippen LogP contribution in [0.2, 0.25) is 0 Å². The van der Waals surface area contributed by atoms with Gasteiger partial charge in [0.25, 0.3) is 0 Å². The van der Waals surface area contributed by atoms with Crippen molar-refractivity contribution in [3.63, 3.8) is 0 Å². The smallest absolute Gasteiger partial charge is 0.339 e. The zero-order valence-corrected chi connectivity index (χ0v) is 10.1. The highest BCUT2D eigenvalue weighted by Crippen LogP contribution is 2.42. The van der Waals surface area contributed by atoms with Crippen LogP contribution in [0.5, 0.6) is 0 Å². The third kappa shape index (κ3) is 1.87. The fourth-order valence-corrected chi connectivity index (χ4v) is 2.22. The van der Waals surface area contributed by atoms with Gasteiger partial charge in [0.05, 0.1) is 23.1 Å². The van der Waals surface area contributed by atoms with Crippen LogP contribution in [0.4, 0.5) is 0 Å². The summed E-state index contributed by atoms with van der Waals surface area (Å²) in [4.78, 5) is 11.2. The van der Waals surface area contributed by atoms with Gasteiger partial charge in [-0.3, -0.25) is 0 Å². The zero-order valence-electron chi connectivity index (χ0n) is 10.1. The van der Waals surface area contributed by atoms with Gasteiger partial charge in [-0.2, -0.15) is 10.4 Å². The Morgan fingerprint density at radius 1 is 1.42 bits per heavy atom. The molecule has 5 heteroatoms. The second kappa shape index (κ2) is 4.25. The summed E-state index contributed by atoms with van der Waals surface area (Å²) in [7, 11) is 0. The number of nitrogens with zero attached hydrogens (tertiary/aromatic N) is 3. The molecule has 0 aliphatic heterocycles. The topological polar surface area (TPSA) is 78.9 Å². The molecule has 0 atom stereocenters. The Bertz CT molecular complexity index is 693. The highest BCUT2D eigenvalue weighted by molar-refractivity contribution is 5.89. The van der Waals surface area contributed by atoms with Gasteiger partial charge in [0.1, 0.15) is 11.6 Å². The molecule has 1 aliphatic rings. The summed E-state index contributed by atoms with van der Waals surface area (Å²) in [6.45, 7) is 0. The second-order valence-electron chi connectivity index (χ2n) is 4.56. The van der Waals surface area contributed by atoms with Crippen LogP contribution in [0.15, 0.2) is 30.5 Å². The Labute approximate surface area is 109 Å². The van der Waals surface area contributed by atoms with Crippen molar-refractivity contribution in [1.82, 2.24) is 9.78 Å². The van der Waals surface area contributed by atoms with E-state index in [0.717, 1.165) is 12.8 Å². The van der Waals surface area contributed by atoms with Gasteiger partial charge in [-0.25, -0.2) is 9.48 Å². The summed E-state index contributed by atoms with van der Waals surface area (Å²) in [6.07, 6.45) is 3.31. The van der Waals surface area contributed by atoms with Crippen LogP contribution in [0.1, 0.15) is 40.4 Å². The Balaban J connectivity index is 2.21. The second-order valence-corrected chi connectivity index (χ2v) is 4.56. The van der Waals surface area contributed by atoms with Gasteiger partial charge >= 0.3 is 5.97 Å². The molecule has 2 aromatic rings. The predicted octanol–water partition coefficient (Wildman–Crippen LogP) is 2.32. The maximum absolute atomic E-state index is 11.2. The fraction of sp³-hybridized carbons (Fsp3) is 0.214. The normalized spacial score (nSPS) is 14.1. The van der Waals surface area contributed by atoms with Crippen molar-refractivity contribution in [2.75, 3.05) is 0 Å². The maximum atomic E-state index is 11.2. The van der Waals surface area contributed by atoms with Gasteiger partial charge < -0.3 is 5.11 Å². The average molecular weight is 253 g/mol. The average Bonchev–Trinajstić information content (AvgIpc) is 3.17. The lowest BCUT2D eigenvalue weighted by molar-refractivity contribution is 0.0695. The minimum atomic E-state index is -0.970. The molecule has 3 rings (SSSR count). The summed E-state index contributed by atoms with van der Waals surface area (Å²) in [6, 6.07) is 9.19. The molecule has 1 aliphatic carbocycles. The van der Waals surface area contributed by atoms with Crippen molar-refractivity contribution in [3.8, 4) is 11.8 Å². The number of aromatic carboxylic acids is 1. The zero-order chi connectivity index (χ0) is 13.4. The summed E-state index contributed by atoms with van der Waals surface area (Å²) in [5.41, 5.74) is 2.06. The quantitative estimate of drug-likeness (QED) is 0.910. The summed E-state index contributed by atoms with van der Waals surface area (Å²) < 4.78 is 1.60. The molecule has 1 heterocycles. The van der Waals surface area contributed by atoms with Crippen LogP contribution in [-0.4, -0.2) is 20.9 Å². The lowest BCUT2D eigenvalue weighted by Crippen LogP contribution is -2.06. The number of carboxylic acid groups (broad SMARTS) is 1. The highest BCUT2D eigenvalue weighted by atomic mass is 16.4. The Morgan fingerprint density at radius 3 is 2.79 bits per heavy atom. The standard InChI is InChI=1S/C14H11N3O2/c15-7-10-3-1-2-4-12(10)17-13(9-5-6-9)11(8-16-17)14(18)19/h1-4,8-9H,5-6H2,(H,18,19). The molecule has 19 heavy (non-hydrogen) atoms. The van der Waals surface area contributed by atoms with Gasteiger partial charge in [-0.15, -0.1) is 0 Å². The molecule has 94 valence electrons. The summed E-state index contributed by atoms with van der Waals surface area (Å²) >= 11 is 0. The van der Waals surface area contributed by atoms with Crippen LogP contribution in [0, 0.1) is 11.3 Å². The van der Waals surface area contributed by atoms with E-state index < -0.39 is 5.97 Å². The van der Waals surface area contributed by atoms with E-state index >= 15 is 0 Å². The first-order valence-electron chi connectivity index (χ1n) is 6.03. The van der Waals surface area contributed by atoms with Crippen molar-refractivity contribution < 1.29 is 9.90 Å². The molecule has 1 aromatic carbocycles. The molecule has 0 bridgehead atoms. The molecule has 0 spiro atoms. The fourth-order valence-electron chi connectivity index (χ4n) is 2.22. The number of para-hydroxylation sites is 1. The lowest BCUT2D eigenvalue weighted by Gasteiger charge is -2.09. The van der Waals surface area contributed by atoms with Crippen LogP contribution < -0.4 is 0 Å². The maximum Gasteiger partial charge on any atom is 0.339 e. The van der Waals surface area contributed by atoms with E-state index in [4.69, 9.17) is 5.26 Å². The highest BCUT2D eigenvalue weighted by Gasteiger charge is 2.33. The minimum absolute atomic E-state index is 0.232. The first-order valence-corrected chi connectivity index (χ1v) is 6.03. The van der Waals surface area contributed by atoms with Crippen molar-refractivity contribution >= 4 is 5.97 Å². The number of rotatable bonds is 3. The molecular weight excluding hydrogens is 242 g/mol. The number of benzene rings is 1. The third-order valence-electron chi connectivity index (χ3n) is 3.25. The monoisotopic (exact) mass is 253 g/mol. The van der Waals surface area contributed by atoms with Crippen molar-refractivity contribution in [3.05, 3.63) is 47.3 Å². The van der Waals surface area contributed by atoms with Crippen molar-refractivity contribution in [2.24, 2.45) is 0 Å². The van der Waals surface area contributed by atoms with Gasteiger partial charge in [-0.1, -0.05) is 12.1 Å². The minimum Gasteiger partial charge on any atom is -0.478 e. The number of hydrogen-bond acceptors (Lipinski definition) is 3. The molecule has 5 nitrogen and oxygen atoms in total. The molecule has 0 unspecified atom stereocenters. The summed E-state index contributed by atoms with van der Waals surface area (Å²) in [5.74, 6) is -0.733. The number of aromatic nitrogens is 2. The largest absolute Gasteiger partial charge is 0.478 e. The predicted molar refractivity (Wildman–Crippen MR) is 67.2 cm³/mol. The molecule has 1 N–H and O–H groups in total. The molecule has 1 fully saturated rings. The number of nitriles is 1. The first-order chi connectivity index (χ1) is 9.22. The van der Waals surface area contributed by atoms with Gasteiger partial charge in [0, 0.05) is 5.92 Å². The van der Waals surface area contributed by atoms with E-state index in [1.807, 2.05) is 6.07 Å². The number of carboxylic acids is 1. The van der Waals surface area contributed by atoms with E-state index in [9.17, 15) is 9.90 Å². The SMILES string of the molecule is N#Cc1ccccc1-n1ncc(C(=O)O)c1C1CC1. The van der Waals surface area contributed by atoms with Gasteiger partial charge in [-0.05, 0) is 25.0 Å². The molecular formula is C14H11N3O2. The van der Waals surface area contributed by atoms with Crippen LogP contribution in [0.25, 0.3) is 5.69 Å². The molecule has 1 saturated carbocycles. The number of carbonyl (C=O) groups is 1. The van der Waals surface area contributed by atoms with E-state index in [1.54, 1.807) is 22.9 Å². The van der Waals surface area contributed by atoms with Crippen LogP contribution in [0.3, 0.4) is 0 Å². The Hall–Kier alpha value is -2.61. The Morgan fingerprint density at radius 2 is 2.16 bits per heavy atom. The van der Waals surface area contributed by atoms with Crippen molar-refractivity contribution in [2.45, 2.75) is 18.8 Å². The molecule has 0 radical (unpaired) electrons. The first kappa shape index (κ1) is 11.5. The Kier molecular flexibility index (Phi) is 2.57. The van der Waals surface area contributed by atoms with Crippen LogP contribution in [-0.2, 0) is 0 Å².